The van der Waals surface area contributed by atoms with Crippen molar-refractivity contribution in [1.82, 2.24) is 25.3 Å². The minimum atomic E-state index is -0.502. The Morgan fingerprint density at radius 1 is 1.12 bits per heavy atom. The highest BCUT2D eigenvalue weighted by atomic mass is 32.2. The third kappa shape index (κ3) is 4.44. The third-order valence-corrected chi connectivity index (χ3v) is 7.53. The van der Waals surface area contributed by atoms with Crippen molar-refractivity contribution in [1.29, 1.82) is 0 Å². The summed E-state index contributed by atoms with van der Waals surface area (Å²) >= 11 is 1.44. The number of carbonyl (C=O) groups is 3. The first-order chi connectivity index (χ1) is 15.4. The number of hydrogen-bond acceptors (Lipinski definition) is 7. The summed E-state index contributed by atoms with van der Waals surface area (Å²) in [4.78, 5) is 42.9. The molecule has 3 aliphatic heterocycles. The fourth-order valence-corrected chi connectivity index (χ4v) is 5.74. The number of rotatable bonds is 6. The van der Waals surface area contributed by atoms with Gasteiger partial charge < -0.3 is 14.5 Å². The lowest BCUT2D eigenvalue weighted by Crippen LogP contribution is -2.72. The minimum Gasteiger partial charge on any atom is -0.494 e. The molecule has 0 radical (unpaired) electrons. The molecule has 0 spiro atoms. The van der Waals surface area contributed by atoms with Gasteiger partial charge in [-0.15, -0.1) is 11.8 Å². The van der Waals surface area contributed by atoms with Crippen molar-refractivity contribution in [2.45, 2.75) is 37.5 Å². The van der Waals surface area contributed by atoms with Crippen molar-refractivity contribution >= 4 is 29.6 Å². The maximum absolute atomic E-state index is 13.1. The zero-order valence-corrected chi connectivity index (χ0v) is 19.6. The molecule has 3 fully saturated rings. The van der Waals surface area contributed by atoms with E-state index in [1.165, 1.54) is 18.8 Å². The number of benzene rings is 1. The topological polar surface area (TPSA) is 94.2 Å². The molecule has 3 aliphatic rings. The highest BCUT2D eigenvalue weighted by Gasteiger charge is 2.51. The molecule has 9 nitrogen and oxygen atoms in total. The quantitative estimate of drug-likeness (QED) is 0.662. The van der Waals surface area contributed by atoms with Crippen LogP contribution in [0.4, 0.5) is 4.79 Å². The second kappa shape index (κ2) is 9.68. The SMILES string of the molecule is CCOc1ccc(C2NC(SCC(=O)N3CCCC3)C3C(=O)N(C)C(=O)N(C)C3N2)cc1. The third-order valence-electron chi connectivity index (χ3n) is 6.33. The van der Waals surface area contributed by atoms with Crippen molar-refractivity contribution < 1.29 is 19.1 Å². The zero-order chi connectivity index (χ0) is 22.8. The number of imide groups is 1. The highest BCUT2D eigenvalue weighted by Crippen LogP contribution is 2.34. The predicted octanol–water partition coefficient (Wildman–Crippen LogP) is 1.42. The molecule has 4 unspecified atom stereocenters. The number of thioether (sulfide) groups is 1. The van der Waals surface area contributed by atoms with Gasteiger partial charge in [-0.3, -0.25) is 25.1 Å². The summed E-state index contributed by atoms with van der Waals surface area (Å²) in [7, 11) is 3.21. The van der Waals surface area contributed by atoms with E-state index in [0.717, 1.165) is 42.1 Å². The van der Waals surface area contributed by atoms with Gasteiger partial charge in [0.1, 0.15) is 5.75 Å². The summed E-state index contributed by atoms with van der Waals surface area (Å²) in [6.07, 6.45) is 1.34. The van der Waals surface area contributed by atoms with E-state index in [2.05, 4.69) is 10.6 Å². The Kier molecular flexibility index (Phi) is 6.92. The van der Waals surface area contributed by atoms with Crippen LogP contribution in [0.15, 0.2) is 24.3 Å². The molecular weight excluding hydrogens is 430 g/mol. The standard InChI is InChI=1S/C22H31N5O4S/c1-4-31-15-9-7-14(8-10-15)18-23-19-17(21(29)26(3)22(30)25(19)2)20(24-18)32-13-16(28)27-11-5-6-12-27/h7-10,17-20,23-24H,4-6,11-13H2,1-3H3. The van der Waals surface area contributed by atoms with Crippen molar-refractivity contribution in [2.75, 3.05) is 39.5 Å². The van der Waals surface area contributed by atoms with Crippen molar-refractivity contribution in [2.24, 2.45) is 5.92 Å². The molecule has 0 aromatic heterocycles. The first-order valence-electron chi connectivity index (χ1n) is 11.1. The molecule has 0 bridgehead atoms. The zero-order valence-electron chi connectivity index (χ0n) is 18.7. The van der Waals surface area contributed by atoms with Crippen molar-refractivity contribution in [3.8, 4) is 5.75 Å². The number of hydrogen-bond donors (Lipinski definition) is 2. The molecule has 3 saturated heterocycles. The number of nitrogens with one attached hydrogen (secondary N) is 2. The van der Waals surface area contributed by atoms with Crippen LogP contribution < -0.4 is 15.4 Å². The number of carbonyl (C=O) groups excluding carboxylic acids is 3. The molecule has 2 N–H and O–H groups in total. The fraction of sp³-hybridized carbons (Fsp3) is 0.591. The van der Waals surface area contributed by atoms with Crippen LogP contribution in [-0.2, 0) is 9.59 Å². The monoisotopic (exact) mass is 461 g/mol. The van der Waals surface area contributed by atoms with Gasteiger partial charge >= 0.3 is 6.03 Å². The summed E-state index contributed by atoms with van der Waals surface area (Å²) < 4.78 is 5.54. The first kappa shape index (κ1) is 22.9. The maximum Gasteiger partial charge on any atom is 0.327 e. The second-order valence-electron chi connectivity index (χ2n) is 8.35. The van der Waals surface area contributed by atoms with Crippen molar-refractivity contribution in [3.63, 3.8) is 0 Å². The highest BCUT2D eigenvalue weighted by molar-refractivity contribution is 8.00. The van der Waals surface area contributed by atoms with Crippen LogP contribution >= 0.6 is 11.8 Å². The van der Waals surface area contributed by atoms with E-state index < -0.39 is 12.1 Å². The number of amides is 4. The van der Waals surface area contributed by atoms with Gasteiger partial charge in [-0.1, -0.05) is 12.1 Å². The molecule has 4 rings (SSSR count). The lowest BCUT2D eigenvalue weighted by Gasteiger charge is -2.50. The van der Waals surface area contributed by atoms with E-state index >= 15 is 0 Å². The van der Waals surface area contributed by atoms with Crippen LogP contribution in [0.25, 0.3) is 0 Å². The van der Waals surface area contributed by atoms with Gasteiger partial charge in [0.25, 0.3) is 0 Å². The van der Waals surface area contributed by atoms with Gasteiger partial charge in [0.05, 0.1) is 36.0 Å². The van der Waals surface area contributed by atoms with Crippen LogP contribution in [0.5, 0.6) is 5.75 Å². The van der Waals surface area contributed by atoms with E-state index in [9.17, 15) is 14.4 Å². The largest absolute Gasteiger partial charge is 0.494 e. The average Bonchev–Trinajstić information content (AvgIpc) is 3.35. The van der Waals surface area contributed by atoms with E-state index in [0.29, 0.717) is 12.4 Å². The summed E-state index contributed by atoms with van der Waals surface area (Å²) in [5.41, 5.74) is 0.968. The van der Waals surface area contributed by atoms with Gasteiger partial charge in [0, 0.05) is 27.2 Å². The Labute approximate surface area is 192 Å². The Morgan fingerprint density at radius 2 is 1.81 bits per heavy atom. The molecule has 10 heteroatoms. The number of likely N-dealkylation sites (tertiary alicyclic amines) is 1. The van der Waals surface area contributed by atoms with Crippen LogP contribution in [0.3, 0.4) is 0 Å². The van der Waals surface area contributed by atoms with Gasteiger partial charge in [-0.05, 0) is 37.5 Å². The van der Waals surface area contributed by atoms with Gasteiger partial charge in [0.2, 0.25) is 11.8 Å². The lowest BCUT2D eigenvalue weighted by molar-refractivity contribution is -0.140. The number of fused-ring (bicyclic) bond motifs is 1. The first-order valence-corrected chi connectivity index (χ1v) is 12.1. The van der Waals surface area contributed by atoms with E-state index in [-0.39, 0.29) is 29.4 Å². The molecule has 4 amide bonds. The van der Waals surface area contributed by atoms with E-state index in [1.54, 1.807) is 11.9 Å². The lowest BCUT2D eigenvalue weighted by atomic mass is 9.96. The Balaban J connectivity index is 1.55. The minimum absolute atomic E-state index is 0.100. The summed E-state index contributed by atoms with van der Waals surface area (Å²) in [5.74, 6) is 0.440. The van der Waals surface area contributed by atoms with Crippen LogP contribution in [0.2, 0.25) is 0 Å². The summed E-state index contributed by atoms with van der Waals surface area (Å²) in [5, 5.41) is 6.61. The van der Waals surface area contributed by atoms with E-state index in [1.807, 2.05) is 36.1 Å². The van der Waals surface area contributed by atoms with E-state index in [4.69, 9.17) is 4.74 Å². The van der Waals surface area contributed by atoms with Gasteiger partial charge in [-0.25, -0.2) is 4.79 Å². The number of ether oxygens (including phenoxy) is 1. The Hall–Kier alpha value is -2.30. The molecule has 174 valence electrons. The molecule has 4 atom stereocenters. The summed E-state index contributed by atoms with van der Waals surface area (Å²) in [6.45, 7) is 4.14. The van der Waals surface area contributed by atoms with Crippen LogP contribution in [0, 0.1) is 5.92 Å². The van der Waals surface area contributed by atoms with Crippen molar-refractivity contribution in [3.05, 3.63) is 29.8 Å². The number of urea groups is 1. The smallest absolute Gasteiger partial charge is 0.327 e. The van der Waals surface area contributed by atoms with Crippen LogP contribution in [-0.4, -0.2) is 83.6 Å². The van der Waals surface area contributed by atoms with Crippen LogP contribution in [0.1, 0.15) is 31.5 Å². The Bertz CT molecular complexity index is 860. The fourth-order valence-electron chi connectivity index (χ4n) is 4.53. The molecule has 0 saturated carbocycles. The maximum atomic E-state index is 13.1. The van der Waals surface area contributed by atoms with Gasteiger partial charge in [0.15, 0.2) is 0 Å². The molecule has 32 heavy (non-hydrogen) atoms. The summed E-state index contributed by atoms with van der Waals surface area (Å²) in [6, 6.07) is 7.40. The number of nitrogens with zero attached hydrogens (tertiary/aromatic N) is 3. The second-order valence-corrected chi connectivity index (χ2v) is 9.48. The molecular formula is C22H31N5O4S. The molecule has 1 aromatic carbocycles. The Morgan fingerprint density at radius 3 is 2.47 bits per heavy atom. The molecule has 0 aliphatic carbocycles. The molecule has 1 aromatic rings. The van der Waals surface area contributed by atoms with Gasteiger partial charge in [-0.2, -0.15) is 0 Å². The normalized spacial score (nSPS) is 28.2. The average molecular weight is 462 g/mol. The molecule has 3 heterocycles. The predicted molar refractivity (Wildman–Crippen MR) is 122 cm³/mol.